The van der Waals surface area contributed by atoms with Crippen LogP contribution in [0.5, 0.6) is 5.75 Å². The largest absolute Gasteiger partial charge is 0.484 e. The lowest BCUT2D eigenvalue weighted by molar-refractivity contribution is -0.139. The van der Waals surface area contributed by atoms with Crippen molar-refractivity contribution in [3.63, 3.8) is 0 Å². The average Bonchev–Trinajstić information content (AvgIpc) is 2.72. The van der Waals surface area contributed by atoms with E-state index in [2.05, 4.69) is 5.32 Å². The van der Waals surface area contributed by atoms with E-state index in [9.17, 15) is 14.0 Å². The fourth-order valence-electron chi connectivity index (χ4n) is 3.07. The molecule has 30 heavy (non-hydrogen) atoms. The summed E-state index contributed by atoms with van der Waals surface area (Å²) < 4.78 is 24.8. The van der Waals surface area contributed by atoms with Crippen LogP contribution >= 0.6 is 23.2 Å². The van der Waals surface area contributed by atoms with Gasteiger partial charge in [-0.05, 0) is 30.7 Å². The Balaban J connectivity index is 2.09. The summed E-state index contributed by atoms with van der Waals surface area (Å²) in [5, 5.41) is 3.21. The third kappa shape index (κ3) is 4.37. The number of hydrogen-bond acceptors (Lipinski definition) is 4. The Hall–Kier alpha value is -2.77. The minimum atomic E-state index is -0.918. The first-order valence-corrected chi connectivity index (χ1v) is 9.86. The Labute approximate surface area is 183 Å². The first-order valence-electron chi connectivity index (χ1n) is 9.10. The van der Waals surface area contributed by atoms with Crippen molar-refractivity contribution in [2.75, 3.05) is 20.3 Å². The van der Waals surface area contributed by atoms with Crippen molar-refractivity contribution in [2.24, 2.45) is 0 Å². The lowest BCUT2D eigenvalue weighted by Gasteiger charge is -2.34. The van der Waals surface area contributed by atoms with Crippen LogP contribution in [0, 0.1) is 5.82 Å². The SMILES string of the molecule is CCOC(=O)C1=C(COc2ccccc2F)N(C)C(=O)N[C@@H]1c1cccc(Cl)c1Cl. The zero-order valence-electron chi connectivity index (χ0n) is 16.2. The maximum Gasteiger partial charge on any atom is 0.338 e. The second-order valence-electron chi connectivity index (χ2n) is 6.38. The molecule has 1 atom stereocenters. The standard InChI is InChI=1S/C21H19Cl2FN2O4/c1-3-29-20(27)17-15(11-30-16-10-5-4-9-14(16)24)26(2)21(28)25-19(17)12-7-6-8-13(22)18(12)23/h4-10,19H,3,11H2,1-2H3,(H,25,28)/t19-/m1/s1. The zero-order valence-corrected chi connectivity index (χ0v) is 17.8. The predicted molar refractivity (Wildman–Crippen MR) is 111 cm³/mol. The quantitative estimate of drug-likeness (QED) is 0.643. The Kier molecular flexibility index (Phi) is 6.84. The van der Waals surface area contributed by atoms with Crippen LogP contribution in [0.15, 0.2) is 53.7 Å². The van der Waals surface area contributed by atoms with Crippen LogP contribution in [0.1, 0.15) is 18.5 Å². The van der Waals surface area contributed by atoms with Crippen molar-refractivity contribution in [3.8, 4) is 5.75 Å². The third-order valence-electron chi connectivity index (χ3n) is 4.57. The molecule has 0 saturated heterocycles. The highest BCUT2D eigenvalue weighted by atomic mass is 35.5. The van der Waals surface area contributed by atoms with Crippen molar-refractivity contribution in [3.05, 3.63) is 75.2 Å². The zero-order chi connectivity index (χ0) is 21.8. The van der Waals surface area contributed by atoms with Gasteiger partial charge >= 0.3 is 12.0 Å². The normalized spacial score (nSPS) is 16.4. The number of ether oxygens (including phenoxy) is 2. The molecule has 1 N–H and O–H groups in total. The molecule has 9 heteroatoms. The molecule has 0 aromatic heterocycles. The second kappa shape index (κ2) is 9.36. The minimum Gasteiger partial charge on any atom is -0.484 e. The van der Waals surface area contributed by atoms with E-state index in [0.29, 0.717) is 5.56 Å². The molecule has 1 aliphatic rings. The number of nitrogens with zero attached hydrogens (tertiary/aromatic N) is 1. The molecule has 0 saturated carbocycles. The van der Waals surface area contributed by atoms with Gasteiger partial charge in [-0.15, -0.1) is 0 Å². The van der Waals surface area contributed by atoms with Gasteiger partial charge < -0.3 is 14.8 Å². The van der Waals surface area contributed by atoms with Gasteiger partial charge in [-0.3, -0.25) is 4.90 Å². The van der Waals surface area contributed by atoms with Crippen molar-refractivity contribution in [2.45, 2.75) is 13.0 Å². The number of nitrogens with one attached hydrogen (secondary N) is 1. The molecule has 0 aliphatic carbocycles. The van der Waals surface area contributed by atoms with Crippen molar-refractivity contribution in [1.82, 2.24) is 10.2 Å². The Morgan fingerprint density at radius 2 is 1.93 bits per heavy atom. The van der Waals surface area contributed by atoms with E-state index in [-0.39, 0.29) is 40.3 Å². The maximum absolute atomic E-state index is 14.0. The third-order valence-corrected chi connectivity index (χ3v) is 5.40. The summed E-state index contributed by atoms with van der Waals surface area (Å²) >= 11 is 12.5. The summed E-state index contributed by atoms with van der Waals surface area (Å²) in [5.74, 6) is -1.23. The van der Waals surface area contributed by atoms with E-state index in [4.69, 9.17) is 32.7 Å². The van der Waals surface area contributed by atoms with Crippen LogP contribution in [0.25, 0.3) is 0 Å². The van der Waals surface area contributed by atoms with Crippen LogP contribution in [0.4, 0.5) is 9.18 Å². The number of rotatable bonds is 6. The number of benzene rings is 2. The highest BCUT2D eigenvalue weighted by Crippen LogP contribution is 2.37. The van der Waals surface area contributed by atoms with Gasteiger partial charge in [0.15, 0.2) is 11.6 Å². The monoisotopic (exact) mass is 452 g/mol. The predicted octanol–water partition coefficient (Wildman–Crippen LogP) is 4.72. The summed E-state index contributed by atoms with van der Waals surface area (Å²) in [5.41, 5.74) is 0.776. The van der Waals surface area contributed by atoms with E-state index in [1.165, 1.54) is 30.1 Å². The van der Waals surface area contributed by atoms with Gasteiger partial charge in [-0.1, -0.05) is 47.5 Å². The summed E-state index contributed by atoms with van der Waals surface area (Å²) in [6, 6.07) is 9.35. The molecule has 2 aromatic rings. The molecule has 2 amide bonds. The molecule has 2 aromatic carbocycles. The van der Waals surface area contributed by atoms with Crippen molar-refractivity contribution < 1.29 is 23.5 Å². The van der Waals surface area contributed by atoms with Gasteiger partial charge in [0.05, 0.1) is 34.0 Å². The number of halogens is 3. The van der Waals surface area contributed by atoms with Gasteiger partial charge in [0.2, 0.25) is 0 Å². The molecular formula is C21H19Cl2FN2O4. The van der Waals surface area contributed by atoms with E-state index < -0.39 is 23.9 Å². The minimum absolute atomic E-state index is 0.00933. The van der Waals surface area contributed by atoms with E-state index >= 15 is 0 Å². The summed E-state index contributed by atoms with van der Waals surface area (Å²) in [6.45, 7) is 1.55. The number of para-hydroxylation sites is 1. The fraction of sp³-hybridized carbons (Fsp3) is 0.238. The van der Waals surface area contributed by atoms with Gasteiger partial charge in [-0.2, -0.15) is 0 Å². The van der Waals surface area contributed by atoms with Crippen LogP contribution in [0.2, 0.25) is 10.0 Å². The van der Waals surface area contributed by atoms with Crippen molar-refractivity contribution in [1.29, 1.82) is 0 Å². The Morgan fingerprint density at radius 1 is 1.20 bits per heavy atom. The van der Waals surface area contributed by atoms with Gasteiger partial charge in [0.25, 0.3) is 0 Å². The first kappa shape index (κ1) is 21.9. The van der Waals surface area contributed by atoms with E-state index in [1.807, 2.05) is 0 Å². The topological polar surface area (TPSA) is 67.9 Å². The number of likely N-dealkylation sites (N-methyl/N-ethyl adjacent to an activating group) is 1. The molecule has 3 rings (SSSR count). The van der Waals surface area contributed by atoms with Gasteiger partial charge in [-0.25, -0.2) is 14.0 Å². The highest BCUT2D eigenvalue weighted by molar-refractivity contribution is 6.42. The number of amides is 2. The molecule has 0 fully saturated rings. The number of esters is 1. The molecule has 0 unspecified atom stereocenters. The smallest absolute Gasteiger partial charge is 0.338 e. The fourth-order valence-corrected chi connectivity index (χ4v) is 3.48. The molecule has 0 spiro atoms. The Bertz CT molecular complexity index is 1010. The first-order chi connectivity index (χ1) is 14.3. The average molecular weight is 453 g/mol. The molecule has 0 bridgehead atoms. The lowest BCUT2D eigenvalue weighted by atomic mass is 9.94. The molecule has 0 radical (unpaired) electrons. The number of hydrogen-bond donors (Lipinski definition) is 1. The number of urea groups is 1. The maximum atomic E-state index is 14.0. The van der Waals surface area contributed by atoms with E-state index in [1.54, 1.807) is 31.2 Å². The summed E-state index contributed by atoms with van der Waals surface area (Å²) in [6.07, 6.45) is 0. The Morgan fingerprint density at radius 3 is 2.63 bits per heavy atom. The van der Waals surface area contributed by atoms with Gasteiger partial charge in [0, 0.05) is 7.05 Å². The number of carbonyl (C=O) groups excluding carboxylic acids is 2. The van der Waals surface area contributed by atoms with Crippen LogP contribution < -0.4 is 10.1 Å². The molecule has 1 heterocycles. The van der Waals surface area contributed by atoms with Crippen LogP contribution in [0.3, 0.4) is 0 Å². The number of carbonyl (C=O) groups is 2. The molecule has 158 valence electrons. The van der Waals surface area contributed by atoms with Crippen LogP contribution in [-0.4, -0.2) is 37.2 Å². The summed E-state index contributed by atoms with van der Waals surface area (Å²) in [7, 11) is 1.48. The van der Waals surface area contributed by atoms with Crippen molar-refractivity contribution >= 4 is 35.2 Å². The molecule has 6 nitrogen and oxygen atoms in total. The second-order valence-corrected chi connectivity index (χ2v) is 7.17. The highest BCUT2D eigenvalue weighted by Gasteiger charge is 2.38. The van der Waals surface area contributed by atoms with E-state index in [0.717, 1.165) is 0 Å². The summed E-state index contributed by atoms with van der Waals surface area (Å²) in [4.78, 5) is 26.7. The van der Waals surface area contributed by atoms with Gasteiger partial charge in [0.1, 0.15) is 6.61 Å². The van der Waals surface area contributed by atoms with Crippen LogP contribution in [-0.2, 0) is 9.53 Å². The molecular weight excluding hydrogens is 434 g/mol. The lowest BCUT2D eigenvalue weighted by Crippen LogP contribution is -2.48. The molecule has 1 aliphatic heterocycles.